The molecule has 1 aliphatic rings. The smallest absolute Gasteiger partial charge is 0.271 e. The second kappa shape index (κ2) is 8.75. The zero-order chi connectivity index (χ0) is 20.0. The number of amides is 1. The number of nitriles is 1. The average molecular weight is 398 g/mol. The van der Waals surface area contributed by atoms with E-state index in [2.05, 4.69) is 10.5 Å². The van der Waals surface area contributed by atoms with Crippen LogP contribution >= 0.6 is 0 Å². The summed E-state index contributed by atoms with van der Waals surface area (Å²) in [6.45, 7) is 1.27. The second-order valence-electron chi connectivity index (χ2n) is 5.98. The summed E-state index contributed by atoms with van der Waals surface area (Å²) in [6, 6.07) is 14.5. The zero-order valence-electron chi connectivity index (χ0n) is 14.9. The molecule has 0 saturated carbocycles. The van der Waals surface area contributed by atoms with Crippen LogP contribution in [0.25, 0.3) is 0 Å². The quantitative estimate of drug-likeness (QED) is 0.603. The van der Waals surface area contributed by atoms with Crippen molar-refractivity contribution in [3.8, 4) is 6.07 Å². The van der Waals surface area contributed by atoms with Gasteiger partial charge >= 0.3 is 0 Å². The maximum absolute atomic E-state index is 12.7. The summed E-state index contributed by atoms with van der Waals surface area (Å²) in [5.74, 6) is -0.524. The van der Waals surface area contributed by atoms with Crippen molar-refractivity contribution in [1.82, 2.24) is 9.73 Å². The lowest BCUT2D eigenvalue weighted by Gasteiger charge is -2.26. The van der Waals surface area contributed by atoms with Gasteiger partial charge < -0.3 is 4.74 Å². The van der Waals surface area contributed by atoms with Gasteiger partial charge in [0.05, 0.1) is 36.0 Å². The van der Waals surface area contributed by atoms with E-state index in [1.165, 1.54) is 34.8 Å². The number of sulfonamides is 1. The maximum Gasteiger partial charge on any atom is 0.271 e. The van der Waals surface area contributed by atoms with Gasteiger partial charge in [0.1, 0.15) is 0 Å². The summed E-state index contributed by atoms with van der Waals surface area (Å²) >= 11 is 0. The van der Waals surface area contributed by atoms with E-state index in [-0.39, 0.29) is 23.5 Å². The molecular formula is C19H18N4O4S. The molecule has 3 rings (SSSR count). The number of hydrogen-bond acceptors (Lipinski definition) is 6. The first-order chi connectivity index (χ1) is 13.5. The lowest BCUT2D eigenvalue weighted by Crippen LogP contribution is -2.40. The molecule has 2 aromatic carbocycles. The first-order valence-corrected chi connectivity index (χ1v) is 9.96. The number of carbonyl (C=O) groups excluding carboxylic acids is 1. The Bertz CT molecular complexity index is 1020. The molecule has 1 N–H and O–H groups in total. The molecule has 9 heteroatoms. The van der Waals surface area contributed by atoms with Gasteiger partial charge in [-0.05, 0) is 35.9 Å². The van der Waals surface area contributed by atoms with Crippen LogP contribution in [-0.2, 0) is 14.8 Å². The highest BCUT2D eigenvalue weighted by molar-refractivity contribution is 7.89. The van der Waals surface area contributed by atoms with E-state index in [0.29, 0.717) is 24.3 Å². The summed E-state index contributed by atoms with van der Waals surface area (Å²) < 4.78 is 31.9. The fourth-order valence-corrected chi connectivity index (χ4v) is 4.06. The average Bonchev–Trinajstić information content (AvgIpc) is 2.75. The van der Waals surface area contributed by atoms with E-state index >= 15 is 0 Å². The predicted octanol–water partition coefficient (Wildman–Crippen LogP) is 1.34. The van der Waals surface area contributed by atoms with Gasteiger partial charge in [-0.25, -0.2) is 13.8 Å². The maximum atomic E-state index is 12.7. The van der Waals surface area contributed by atoms with Crippen molar-refractivity contribution in [3.05, 3.63) is 65.2 Å². The van der Waals surface area contributed by atoms with Crippen molar-refractivity contribution >= 4 is 22.1 Å². The molecule has 144 valence electrons. The number of nitrogens with one attached hydrogen (secondary N) is 1. The van der Waals surface area contributed by atoms with Gasteiger partial charge in [-0.15, -0.1) is 0 Å². The Kier molecular flexibility index (Phi) is 6.16. The Morgan fingerprint density at radius 3 is 2.57 bits per heavy atom. The van der Waals surface area contributed by atoms with E-state index in [4.69, 9.17) is 10.00 Å². The molecular weight excluding hydrogens is 380 g/mol. The molecule has 0 bridgehead atoms. The topological polar surface area (TPSA) is 112 Å². The molecule has 1 amide bonds. The molecule has 2 aromatic rings. The molecule has 1 aliphatic heterocycles. The summed E-state index contributed by atoms with van der Waals surface area (Å²) in [5.41, 5.74) is 3.80. The fourth-order valence-electron chi connectivity index (χ4n) is 2.61. The van der Waals surface area contributed by atoms with Crippen LogP contribution in [0.2, 0.25) is 0 Å². The molecule has 0 spiro atoms. The van der Waals surface area contributed by atoms with E-state index in [1.807, 2.05) is 6.07 Å². The number of nitrogens with zero attached hydrogens (tertiary/aromatic N) is 3. The predicted molar refractivity (Wildman–Crippen MR) is 102 cm³/mol. The number of ether oxygens (including phenoxy) is 1. The van der Waals surface area contributed by atoms with Crippen LogP contribution in [0.5, 0.6) is 0 Å². The Morgan fingerprint density at radius 2 is 1.89 bits per heavy atom. The Morgan fingerprint density at radius 1 is 1.18 bits per heavy atom. The van der Waals surface area contributed by atoms with Crippen LogP contribution in [0.15, 0.2) is 58.5 Å². The minimum atomic E-state index is -3.68. The monoisotopic (exact) mass is 398 g/mol. The molecule has 1 saturated heterocycles. The summed E-state index contributed by atoms with van der Waals surface area (Å²) in [4.78, 5) is 12.3. The third-order valence-electron chi connectivity index (χ3n) is 4.12. The van der Waals surface area contributed by atoms with Crippen LogP contribution in [0.3, 0.4) is 0 Å². The minimum Gasteiger partial charge on any atom is -0.379 e. The van der Waals surface area contributed by atoms with Crippen LogP contribution in [-0.4, -0.2) is 51.1 Å². The van der Waals surface area contributed by atoms with Crippen LogP contribution in [0, 0.1) is 11.3 Å². The molecule has 0 unspecified atom stereocenters. The van der Waals surface area contributed by atoms with Gasteiger partial charge in [0.2, 0.25) is 10.0 Å². The summed E-state index contributed by atoms with van der Waals surface area (Å²) in [6.07, 6.45) is 1.44. The SMILES string of the molecule is N#Cc1ccc(/C=N\NC(=O)c2cccc(S(=O)(=O)N3CCOCC3)c2)cc1. The van der Waals surface area contributed by atoms with Crippen LogP contribution < -0.4 is 5.43 Å². The van der Waals surface area contributed by atoms with Gasteiger partial charge in [-0.1, -0.05) is 18.2 Å². The standard InChI is InChI=1S/C19H18N4O4S/c20-13-15-4-6-16(7-5-15)14-21-22-19(24)17-2-1-3-18(12-17)28(25,26)23-8-10-27-11-9-23/h1-7,12,14H,8-11H2,(H,22,24)/b21-14-. The van der Waals surface area contributed by atoms with Gasteiger partial charge in [-0.3, -0.25) is 4.79 Å². The van der Waals surface area contributed by atoms with E-state index < -0.39 is 15.9 Å². The Hall–Kier alpha value is -3.06. The zero-order valence-corrected chi connectivity index (χ0v) is 15.7. The van der Waals surface area contributed by atoms with Crippen molar-refractivity contribution in [2.75, 3.05) is 26.3 Å². The normalized spacial score (nSPS) is 15.2. The third-order valence-corrected chi connectivity index (χ3v) is 6.02. The minimum absolute atomic E-state index is 0.0538. The van der Waals surface area contributed by atoms with Crippen molar-refractivity contribution in [1.29, 1.82) is 5.26 Å². The third kappa shape index (κ3) is 4.61. The molecule has 28 heavy (non-hydrogen) atoms. The lowest BCUT2D eigenvalue weighted by atomic mass is 10.2. The number of benzene rings is 2. The van der Waals surface area contributed by atoms with Gasteiger partial charge in [0.15, 0.2) is 0 Å². The van der Waals surface area contributed by atoms with Crippen molar-refractivity contribution in [2.24, 2.45) is 5.10 Å². The molecule has 1 heterocycles. The molecule has 0 radical (unpaired) electrons. The molecule has 0 aliphatic carbocycles. The van der Waals surface area contributed by atoms with E-state index in [1.54, 1.807) is 24.3 Å². The fraction of sp³-hybridized carbons (Fsp3) is 0.211. The molecule has 0 aromatic heterocycles. The first-order valence-electron chi connectivity index (χ1n) is 8.52. The number of morpholine rings is 1. The Labute approximate surface area is 163 Å². The van der Waals surface area contributed by atoms with Crippen molar-refractivity contribution < 1.29 is 17.9 Å². The number of hydrogen-bond donors (Lipinski definition) is 1. The van der Waals surface area contributed by atoms with Crippen molar-refractivity contribution in [2.45, 2.75) is 4.90 Å². The highest BCUT2D eigenvalue weighted by Crippen LogP contribution is 2.18. The Balaban J connectivity index is 1.69. The lowest BCUT2D eigenvalue weighted by molar-refractivity contribution is 0.0730. The van der Waals surface area contributed by atoms with Crippen molar-refractivity contribution in [3.63, 3.8) is 0 Å². The largest absolute Gasteiger partial charge is 0.379 e. The van der Waals surface area contributed by atoms with Crippen LogP contribution in [0.1, 0.15) is 21.5 Å². The number of hydrazone groups is 1. The first kappa shape index (κ1) is 19.7. The van der Waals surface area contributed by atoms with E-state index in [0.717, 1.165) is 0 Å². The number of carbonyl (C=O) groups is 1. The highest BCUT2D eigenvalue weighted by Gasteiger charge is 2.26. The van der Waals surface area contributed by atoms with E-state index in [9.17, 15) is 13.2 Å². The molecule has 1 fully saturated rings. The molecule has 8 nitrogen and oxygen atoms in total. The van der Waals surface area contributed by atoms with Gasteiger partial charge in [0.25, 0.3) is 5.91 Å². The van der Waals surface area contributed by atoms with Gasteiger partial charge in [0, 0.05) is 18.7 Å². The highest BCUT2D eigenvalue weighted by atomic mass is 32.2. The van der Waals surface area contributed by atoms with Crippen LogP contribution in [0.4, 0.5) is 0 Å². The molecule has 0 atom stereocenters. The second-order valence-corrected chi connectivity index (χ2v) is 7.92. The van der Waals surface area contributed by atoms with Gasteiger partial charge in [-0.2, -0.15) is 14.7 Å². The number of rotatable bonds is 5. The summed E-state index contributed by atoms with van der Waals surface area (Å²) in [5, 5.41) is 12.6. The summed E-state index contributed by atoms with van der Waals surface area (Å²) in [7, 11) is -3.68.